The highest BCUT2D eigenvalue weighted by Gasteiger charge is 2.16. The Hall–Kier alpha value is -0.300. The van der Waals surface area contributed by atoms with Gasteiger partial charge in [0.05, 0.1) is 6.54 Å². The first-order valence-corrected chi connectivity index (χ1v) is 6.65. The number of hydrogen-bond donors (Lipinski definition) is 2. The van der Waals surface area contributed by atoms with Crippen LogP contribution in [-0.2, 0) is 6.54 Å². The number of hydrogen-bond acceptors (Lipinski definition) is 2. The molecule has 0 spiro atoms. The molecule has 0 saturated heterocycles. The van der Waals surface area contributed by atoms with Crippen molar-refractivity contribution in [2.75, 3.05) is 6.54 Å². The van der Waals surface area contributed by atoms with Gasteiger partial charge in [0.1, 0.15) is 0 Å². The fourth-order valence-corrected chi connectivity index (χ4v) is 2.55. The van der Waals surface area contributed by atoms with Crippen molar-refractivity contribution in [2.45, 2.75) is 32.7 Å². The standard InChI is InChI=1S/C12H19N3S.HI/c1-9-5-6-11(16-9)8-15-12(13)14-7-10-3-2-4-10;/h5-6,10H,2-4,7-8H2,1H3,(H3,13,14,15);1H. The van der Waals surface area contributed by atoms with Crippen molar-refractivity contribution < 1.29 is 0 Å². The van der Waals surface area contributed by atoms with Crippen molar-refractivity contribution in [3.05, 3.63) is 21.9 Å². The summed E-state index contributed by atoms with van der Waals surface area (Å²) in [5.74, 6) is 1.40. The lowest BCUT2D eigenvalue weighted by molar-refractivity contribution is 0.315. The average molecular weight is 365 g/mol. The SMILES string of the molecule is Cc1ccc(CN=C(N)NCC2CCC2)s1.I. The molecule has 0 unspecified atom stereocenters. The summed E-state index contributed by atoms with van der Waals surface area (Å²) in [6, 6.07) is 4.23. The van der Waals surface area contributed by atoms with E-state index in [1.807, 2.05) is 0 Å². The number of aryl methyl sites for hydroxylation is 1. The molecule has 0 aliphatic heterocycles. The number of nitrogens with one attached hydrogen (secondary N) is 1. The van der Waals surface area contributed by atoms with Gasteiger partial charge in [-0.3, -0.25) is 0 Å². The lowest BCUT2D eigenvalue weighted by Crippen LogP contribution is -2.37. The Kier molecular flexibility index (Phi) is 6.26. The van der Waals surface area contributed by atoms with Crippen LogP contribution >= 0.6 is 35.3 Å². The molecule has 0 aromatic carbocycles. The Bertz CT molecular complexity index is 372. The number of nitrogens with zero attached hydrogens (tertiary/aromatic N) is 1. The van der Waals surface area contributed by atoms with Gasteiger partial charge in [0.25, 0.3) is 0 Å². The third-order valence-electron chi connectivity index (χ3n) is 3.00. The molecule has 1 heterocycles. The number of aliphatic imine (C=N–C) groups is 1. The maximum atomic E-state index is 5.80. The predicted octanol–water partition coefficient (Wildman–Crippen LogP) is 2.88. The van der Waals surface area contributed by atoms with E-state index in [0.29, 0.717) is 12.5 Å². The molecule has 0 bridgehead atoms. The predicted molar refractivity (Wildman–Crippen MR) is 85.1 cm³/mol. The van der Waals surface area contributed by atoms with Gasteiger partial charge in [-0.25, -0.2) is 4.99 Å². The molecule has 1 aromatic rings. The Balaban J connectivity index is 0.00000144. The monoisotopic (exact) mass is 365 g/mol. The maximum Gasteiger partial charge on any atom is 0.188 e. The molecule has 1 aliphatic rings. The molecule has 0 amide bonds. The van der Waals surface area contributed by atoms with Crippen LogP contribution in [0.25, 0.3) is 0 Å². The van der Waals surface area contributed by atoms with Crippen molar-refractivity contribution in [3.8, 4) is 0 Å². The van der Waals surface area contributed by atoms with Gasteiger partial charge in [0, 0.05) is 16.3 Å². The molecule has 3 nitrogen and oxygen atoms in total. The number of thiophene rings is 1. The van der Waals surface area contributed by atoms with Crippen LogP contribution in [0.5, 0.6) is 0 Å². The van der Waals surface area contributed by atoms with Crippen LogP contribution in [-0.4, -0.2) is 12.5 Å². The second-order valence-electron chi connectivity index (χ2n) is 4.39. The number of halogens is 1. The minimum Gasteiger partial charge on any atom is -0.370 e. The van der Waals surface area contributed by atoms with Crippen LogP contribution in [0.4, 0.5) is 0 Å². The molecule has 5 heteroatoms. The third-order valence-corrected chi connectivity index (χ3v) is 3.98. The van der Waals surface area contributed by atoms with Crippen LogP contribution in [0.2, 0.25) is 0 Å². The minimum absolute atomic E-state index is 0. The fourth-order valence-electron chi connectivity index (χ4n) is 1.73. The van der Waals surface area contributed by atoms with Crippen molar-refractivity contribution >= 4 is 41.3 Å². The summed E-state index contributed by atoms with van der Waals surface area (Å²) in [6.07, 6.45) is 4.05. The van der Waals surface area contributed by atoms with Gasteiger partial charge in [0.2, 0.25) is 0 Å². The van der Waals surface area contributed by atoms with Crippen molar-refractivity contribution in [3.63, 3.8) is 0 Å². The molecule has 1 fully saturated rings. The van der Waals surface area contributed by atoms with E-state index in [-0.39, 0.29) is 24.0 Å². The topological polar surface area (TPSA) is 50.4 Å². The molecular weight excluding hydrogens is 345 g/mol. The molecular formula is C12H20IN3S. The van der Waals surface area contributed by atoms with Gasteiger partial charge >= 0.3 is 0 Å². The first kappa shape index (κ1) is 14.8. The van der Waals surface area contributed by atoms with E-state index in [2.05, 4.69) is 29.4 Å². The van der Waals surface area contributed by atoms with E-state index in [1.54, 1.807) is 11.3 Å². The zero-order chi connectivity index (χ0) is 11.4. The quantitative estimate of drug-likeness (QED) is 0.490. The van der Waals surface area contributed by atoms with E-state index >= 15 is 0 Å². The molecule has 0 atom stereocenters. The highest BCUT2D eigenvalue weighted by Crippen LogP contribution is 2.25. The van der Waals surface area contributed by atoms with Crippen LogP contribution < -0.4 is 11.1 Å². The van der Waals surface area contributed by atoms with Crippen LogP contribution in [0.1, 0.15) is 29.0 Å². The second kappa shape index (κ2) is 7.20. The normalized spacial score (nSPS) is 16.2. The Morgan fingerprint density at radius 2 is 2.29 bits per heavy atom. The van der Waals surface area contributed by atoms with E-state index in [4.69, 9.17) is 5.73 Å². The smallest absolute Gasteiger partial charge is 0.188 e. The molecule has 17 heavy (non-hydrogen) atoms. The number of nitrogens with two attached hydrogens (primary N) is 1. The summed E-state index contributed by atoms with van der Waals surface area (Å²) in [5, 5.41) is 3.19. The first-order valence-electron chi connectivity index (χ1n) is 5.83. The van der Waals surface area contributed by atoms with Gasteiger partial charge < -0.3 is 11.1 Å². The summed E-state index contributed by atoms with van der Waals surface area (Å²) in [6.45, 7) is 3.79. The highest BCUT2D eigenvalue weighted by molar-refractivity contribution is 14.0. The summed E-state index contributed by atoms with van der Waals surface area (Å²) in [7, 11) is 0. The van der Waals surface area contributed by atoms with Gasteiger partial charge in [-0.05, 0) is 37.8 Å². The van der Waals surface area contributed by atoms with Crippen LogP contribution in [0.15, 0.2) is 17.1 Å². The summed E-state index contributed by atoms with van der Waals surface area (Å²) in [4.78, 5) is 6.93. The zero-order valence-electron chi connectivity index (χ0n) is 10.1. The molecule has 1 saturated carbocycles. The molecule has 0 radical (unpaired) electrons. The lowest BCUT2D eigenvalue weighted by Gasteiger charge is -2.25. The minimum atomic E-state index is 0. The highest BCUT2D eigenvalue weighted by atomic mass is 127. The van der Waals surface area contributed by atoms with Gasteiger partial charge in [-0.2, -0.15) is 0 Å². The van der Waals surface area contributed by atoms with E-state index < -0.39 is 0 Å². The van der Waals surface area contributed by atoms with E-state index in [0.717, 1.165) is 12.5 Å². The zero-order valence-corrected chi connectivity index (χ0v) is 13.3. The Morgan fingerprint density at radius 1 is 1.53 bits per heavy atom. The average Bonchev–Trinajstić information content (AvgIpc) is 2.59. The Labute approximate surface area is 124 Å². The van der Waals surface area contributed by atoms with Crippen LogP contribution in [0, 0.1) is 12.8 Å². The van der Waals surface area contributed by atoms with Gasteiger partial charge in [-0.15, -0.1) is 35.3 Å². The van der Waals surface area contributed by atoms with Gasteiger partial charge in [0.15, 0.2) is 5.96 Å². The molecule has 96 valence electrons. The van der Waals surface area contributed by atoms with Crippen LogP contribution in [0.3, 0.4) is 0 Å². The molecule has 1 aromatic heterocycles. The number of rotatable bonds is 4. The number of guanidine groups is 1. The third kappa shape index (κ3) is 4.83. The summed E-state index contributed by atoms with van der Waals surface area (Å²) < 4.78 is 0. The lowest BCUT2D eigenvalue weighted by atomic mass is 9.85. The van der Waals surface area contributed by atoms with E-state index in [1.165, 1.54) is 29.0 Å². The molecule has 2 rings (SSSR count). The van der Waals surface area contributed by atoms with Crippen molar-refractivity contribution in [1.29, 1.82) is 0 Å². The molecule has 1 aliphatic carbocycles. The fraction of sp³-hybridized carbons (Fsp3) is 0.583. The largest absolute Gasteiger partial charge is 0.370 e. The van der Waals surface area contributed by atoms with Gasteiger partial charge in [-0.1, -0.05) is 6.42 Å². The maximum absolute atomic E-state index is 5.80. The van der Waals surface area contributed by atoms with Crippen molar-refractivity contribution in [2.24, 2.45) is 16.6 Å². The Morgan fingerprint density at radius 3 is 2.82 bits per heavy atom. The molecule has 3 N–H and O–H groups in total. The summed E-state index contributed by atoms with van der Waals surface area (Å²) in [5.41, 5.74) is 5.80. The summed E-state index contributed by atoms with van der Waals surface area (Å²) >= 11 is 1.78. The second-order valence-corrected chi connectivity index (χ2v) is 5.76. The van der Waals surface area contributed by atoms with Crippen molar-refractivity contribution in [1.82, 2.24) is 5.32 Å². The first-order chi connectivity index (χ1) is 7.74. The van der Waals surface area contributed by atoms with E-state index in [9.17, 15) is 0 Å².